The highest BCUT2D eigenvalue weighted by atomic mass is 32.1. The summed E-state index contributed by atoms with van der Waals surface area (Å²) in [5.41, 5.74) is 0.158. The third-order valence-electron chi connectivity index (χ3n) is 1.87. The number of anilines is 1. The van der Waals surface area contributed by atoms with Crippen molar-refractivity contribution in [2.45, 2.75) is 6.54 Å². The highest BCUT2D eigenvalue weighted by Gasteiger charge is 2.06. The summed E-state index contributed by atoms with van der Waals surface area (Å²) < 4.78 is 26.0. The minimum Gasteiger partial charge on any atom is -0.376 e. The van der Waals surface area contributed by atoms with Crippen LogP contribution in [0.4, 0.5) is 14.5 Å². The summed E-state index contributed by atoms with van der Waals surface area (Å²) in [6, 6.07) is 4.04. The minimum atomic E-state index is -0.853. The summed E-state index contributed by atoms with van der Waals surface area (Å²) >= 11 is 1.46. The minimum absolute atomic E-state index is 0.158. The highest BCUT2D eigenvalue weighted by Crippen LogP contribution is 2.17. The van der Waals surface area contributed by atoms with Gasteiger partial charge in [0.2, 0.25) is 0 Å². The van der Waals surface area contributed by atoms with Gasteiger partial charge < -0.3 is 5.32 Å². The smallest absolute Gasteiger partial charge is 0.181 e. The molecule has 1 heterocycles. The van der Waals surface area contributed by atoms with Gasteiger partial charge in [0.05, 0.1) is 12.2 Å². The Labute approximate surface area is 89.6 Å². The van der Waals surface area contributed by atoms with Gasteiger partial charge in [-0.25, -0.2) is 13.8 Å². The number of benzene rings is 1. The van der Waals surface area contributed by atoms with Crippen LogP contribution in [0.3, 0.4) is 0 Å². The Balaban J connectivity index is 2.08. The molecule has 0 saturated heterocycles. The normalized spacial score (nSPS) is 10.3. The zero-order valence-electron chi connectivity index (χ0n) is 7.71. The quantitative estimate of drug-likeness (QED) is 0.870. The van der Waals surface area contributed by atoms with Gasteiger partial charge in [-0.3, -0.25) is 0 Å². The lowest BCUT2D eigenvalue weighted by Gasteiger charge is -2.05. The van der Waals surface area contributed by atoms with E-state index in [1.807, 2.05) is 5.38 Å². The van der Waals surface area contributed by atoms with E-state index >= 15 is 0 Å². The molecule has 0 amide bonds. The Kier molecular flexibility index (Phi) is 2.91. The Hall–Kier alpha value is -1.49. The summed E-state index contributed by atoms with van der Waals surface area (Å²) in [4.78, 5) is 4.02. The van der Waals surface area contributed by atoms with E-state index in [0.717, 1.165) is 11.1 Å². The molecule has 78 valence electrons. The second-order valence-corrected chi connectivity index (χ2v) is 3.86. The molecule has 0 aliphatic carbocycles. The third kappa shape index (κ3) is 2.30. The van der Waals surface area contributed by atoms with Crippen molar-refractivity contribution in [1.82, 2.24) is 4.98 Å². The number of nitrogens with zero attached hydrogens (tertiary/aromatic N) is 1. The van der Waals surface area contributed by atoms with Gasteiger partial charge in [-0.1, -0.05) is 6.07 Å². The number of aromatic nitrogens is 1. The molecule has 0 aliphatic rings. The Morgan fingerprint density at radius 3 is 2.93 bits per heavy atom. The lowest BCUT2D eigenvalue weighted by molar-refractivity contribution is 0.511. The molecule has 5 heteroatoms. The Morgan fingerprint density at radius 1 is 1.33 bits per heavy atom. The molecule has 0 spiro atoms. The maximum Gasteiger partial charge on any atom is 0.181 e. The molecular formula is C10H8F2N2S. The standard InChI is InChI=1S/C10H8F2N2S/c11-7-2-1-3-8(10(7)12)14-6-9-13-4-5-15-9/h1-5,14H,6H2. The maximum atomic E-state index is 13.2. The van der Waals surface area contributed by atoms with Crippen molar-refractivity contribution in [3.63, 3.8) is 0 Å². The molecule has 0 bridgehead atoms. The molecule has 0 atom stereocenters. The van der Waals surface area contributed by atoms with Crippen LogP contribution in [0.15, 0.2) is 29.8 Å². The van der Waals surface area contributed by atoms with E-state index in [4.69, 9.17) is 0 Å². The average Bonchev–Trinajstić information content (AvgIpc) is 2.73. The molecule has 1 aromatic heterocycles. The van der Waals surface area contributed by atoms with Crippen LogP contribution < -0.4 is 5.32 Å². The van der Waals surface area contributed by atoms with Gasteiger partial charge in [-0.15, -0.1) is 11.3 Å². The second kappa shape index (κ2) is 4.35. The fraction of sp³-hybridized carbons (Fsp3) is 0.100. The fourth-order valence-electron chi connectivity index (χ4n) is 1.15. The number of nitrogens with one attached hydrogen (secondary N) is 1. The summed E-state index contributed by atoms with van der Waals surface area (Å²) in [6.45, 7) is 0.401. The Morgan fingerprint density at radius 2 is 2.20 bits per heavy atom. The highest BCUT2D eigenvalue weighted by molar-refractivity contribution is 7.09. The van der Waals surface area contributed by atoms with Gasteiger partial charge in [-0.2, -0.15) is 0 Å². The third-order valence-corrected chi connectivity index (χ3v) is 2.64. The van der Waals surface area contributed by atoms with Crippen molar-refractivity contribution in [3.8, 4) is 0 Å². The van der Waals surface area contributed by atoms with Crippen molar-refractivity contribution in [1.29, 1.82) is 0 Å². The van der Waals surface area contributed by atoms with Gasteiger partial charge in [0.15, 0.2) is 11.6 Å². The molecule has 0 radical (unpaired) electrons. The number of rotatable bonds is 3. The molecule has 0 unspecified atom stereocenters. The molecule has 2 aromatic rings. The maximum absolute atomic E-state index is 13.2. The first-order valence-corrected chi connectivity index (χ1v) is 5.21. The van der Waals surface area contributed by atoms with E-state index in [1.165, 1.54) is 23.5 Å². The monoisotopic (exact) mass is 226 g/mol. The van der Waals surface area contributed by atoms with Crippen LogP contribution >= 0.6 is 11.3 Å². The molecule has 2 nitrogen and oxygen atoms in total. The van der Waals surface area contributed by atoms with E-state index in [9.17, 15) is 8.78 Å². The van der Waals surface area contributed by atoms with Gasteiger partial charge in [-0.05, 0) is 12.1 Å². The lowest BCUT2D eigenvalue weighted by atomic mass is 10.3. The van der Waals surface area contributed by atoms with E-state index in [2.05, 4.69) is 10.3 Å². The van der Waals surface area contributed by atoms with Crippen LogP contribution in [-0.2, 0) is 6.54 Å². The van der Waals surface area contributed by atoms with E-state index < -0.39 is 11.6 Å². The van der Waals surface area contributed by atoms with Crippen LogP contribution in [0.5, 0.6) is 0 Å². The largest absolute Gasteiger partial charge is 0.376 e. The molecule has 1 aromatic carbocycles. The topological polar surface area (TPSA) is 24.9 Å². The summed E-state index contributed by atoms with van der Waals surface area (Å²) in [5, 5.41) is 5.45. The molecule has 0 fully saturated rings. The molecular weight excluding hydrogens is 218 g/mol. The number of hydrogen-bond acceptors (Lipinski definition) is 3. The molecule has 0 saturated carbocycles. The second-order valence-electron chi connectivity index (χ2n) is 2.88. The summed E-state index contributed by atoms with van der Waals surface area (Å²) in [7, 11) is 0. The zero-order chi connectivity index (χ0) is 10.7. The first-order valence-electron chi connectivity index (χ1n) is 4.33. The van der Waals surface area contributed by atoms with Crippen molar-refractivity contribution in [3.05, 3.63) is 46.4 Å². The van der Waals surface area contributed by atoms with Crippen LogP contribution in [0, 0.1) is 11.6 Å². The van der Waals surface area contributed by atoms with Crippen LogP contribution in [0.2, 0.25) is 0 Å². The van der Waals surface area contributed by atoms with Crippen molar-refractivity contribution >= 4 is 17.0 Å². The van der Waals surface area contributed by atoms with Crippen molar-refractivity contribution < 1.29 is 8.78 Å². The number of hydrogen-bond donors (Lipinski definition) is 1. The SMILES string of the molecule is Fc1cccc(NCc2nccs2)c1F. The molecule has 15 heavy (non-hydrogen) atoms. The lowest BCUT2D eigenvalue weighted by Crippen LogP contribution is -2.02. The molecule has 1 N–H and O–H groups in total. The van der Waals surface area contributed by atoms with Crippen LogP contribution in [-0.4, -0.2) is 4.98 Å². The average molecular weight is 226 g/mol. The van der Waals surface area contributed by atoms with Crippen molar-refractivity contribution in [2.24, 2.45) is 0 Å². The number of thiazole rings is 1. The summed E-state index contributed by atoms with van der Waals surface area (Å²) in [6.07, 6.45) is 1.67. The van der Waals surface area contributed by atoms with Gasteiger partial charge >= 0.3 is 0 Å². The van der Waals surface area contributed by atoms with E-state index in [1.54, 1.807) is 6.20 Å². The molecule has 2 rings (SSSR count). The first-order chi connectivity index (χ1) is 7.27. The van der Waals surface area contributed by atoms with E-state index in [-0.39, 0.29) is 5.69 Å². The van der Waals surface area contributed by atoms with Gasteiger partial charge in [0.1, 0.15) is 5.01 Å². The Bertz CT molecular complexity index is 443. The van der Waals surface area contributed by atoms with Gasteiger partial charge in [0, 0.05) is 11.6 Å². The zero-order valence-corrected chi connectivity index (χ0v) is 8.52. The predicted octanol–water partition coefficient (Wildman–Crippen LogP) is 3.03. The summed E-state index contributed by atoms with van der Waals surface area (Å²) in [5.74, 6) is -1.70. The van der Waals surface area contributed by atoms with Crippen LogP contribution in [0.1, 0.15) is 5.01 Å². The molecule has 0 aliphatic heterocycles. The van der Waals surface area contributed by atoms with Gasteiger partial charge in [0.25, 0.3) is 0 Å². The van der Waals surface area contributed by atoms with Crippen LogP contribution in [0.25, 0.3) is 0 Å². The van der Waals surface area contributed by atoms with E-state index in [0.29, 0.717) is 6.54 Å². The predicted molar refractivity (Wildman–Crippen MR) is 55.8 cm³/mol. The number of halogens is 2. The first kappa shape index (κ1) is 10.0. The van der Waals surface area contributed by atoms with Crippen molar-refractivity contribution in [2.75, 3.05) is 5.32 Å². The fourth-order valence-corrected chi connectivity index (χ4v) is 1.71.